The Morgan fingerprint density at radius 3 is 2.45 bits per heavy atom. The van der Waals surface area contributed by atoms with Crippen LogP contribution in [0.15, 0.2) is 47.4 Å². The number of nitrogens with zero attached hydrogens (tertiary/aromatic N) is 1. The average Bonchev–Trinajstić information content (AvgIpc) is 2.99. The highest BCUT2D eigenvalue weighted by atomic mass is 32.2. The van der Waals surface area contributed by atoms with Crippen molar-refractivity contribution in [1.82, 2.24) is 4.31 Å². The summed E-state index contributed by atoms with van der Waals surface area (Å²) in [4.78, 5) is 12.6. The molecule has 0 atom stereocenters. The summed E-state index contributed by atoms with van der Waals surface area (Å²) in [5.41, 5.74) is 1.84. The third kappa shape index (κ3) is 5.36. The zero-order chi connectivity index (χ0) is 20.9. The fraction of sp³-hybridized carbons (Fsp3) is 0.409. The van der Waals surface area contributed by atoms with Crippen LogP contribution in [0.1, 0.15) is 43.2 Å². The van der Waals surface area contributed by atoms with Crippen molar-refractivity contribution >= 4 is 21.6 Å². The lowest BCUT2D eigenvalue weighted by Crippen LogP contribution is -2.32. The summed E-state index contributed by atoms with van der Waals surface area (Å²) in [6.07, 6.45) is 4.46. The summed E-state index contributed by atoms with van der Waals surface area (Å²) in [6.45, 7) is 2.85. The molecule has 6 nitrogen and oxygen atoms in total. The molecule has 7 heteroatoms. The quantitative estimate of drug-likeness (QED) is 0.749. The van der Waals surface area contributed by atoms with E-state index in [1.807, 2.05) is 6.07 Å². The van der Waals surface area contributed by atoms with Crippen LogP contribution in [0.5, 0.6) is 5.75 Å². The van der Waals surface area contributed by atoms with Gasteiger partial charge in [0.25, 0.3) is 0 Å². The number of hydrogen-bond acceptors (Lipinski definition) is 4. The molecule has 1 aliphatic rings. The highest BCUT2D eigenvalue weighted by Crippen LogP contribution is 2.26. The minimum absolute atomic E-state index is 0.168. The number of carbonyl (C=O) groups excluding carboxylic acids is 1. The molecule has 0 aromatic heterocycles. The van der Waals surface area contributed by atoms with Gasteiger partial charge in [-0.2, -0.15) is 4.31 Å². The topological polar surface area (TPSA) is 86.7 Å². The van der Waals surface area contributed by atoms with E-state index >= 15 is 0 Å². The number of nitrogens with one attached hydrogen (secondary N) is 1. The molecule has 0 spiro atoms. The number of aromatic hydroxyl groups is 1. The number of para-hydroxylation sites is 1. The second-order valence-corrected chi connectivity index (χ2v) is 9.38. The van der Waals surface area contributed by atoms with Gasteiger partial charge in [-0.15, -0.1) is 0 Å². The van der Waals surface area contributed by atoms with Gasteiger partial charge in [0.1, 0.15) is 5.75 Å². The van der Waals surface area contributed by atoms with Crippen molar-refractivity contribution in [3.05, 3.63) is 53.6 Å². The predicted octanol–water partition coefficient (Wildman–Crippen LogP) is 3.84. The Labute approximate surface area is 172 Å². The molecule has 1 aliphatic heterocycles. The lowest BCUT2D eigenvalue weighted by Gasteiger charge is -2.21. The molecule has 3 rings (SSSR count). The molecule has 0 saturated carbocycles. The Hall–Kier alpha value is -2.38. The predicted molar refractivity (Wildman–Crippen MR) is 113 cm³/mol. The van der Waals surface area contributed by atoms with Crippen molar-refractivity contribution in [3.8, 4) is 5.75 Å². The molecule has 1 fully saturated rings. The number of anilines is 1. The summed E-state index contributed by atoms with van der Waals surface area (Å²) in [6, 6.07) is 11.9. The molecule has 29 heavy (non-hydrogen) atoms. The van der Waals surface area contributed by atoms with Crippen molar-refractivity contribution in [2.24, 2.45) is 0 Å². The van der Waals surface area contributed by atoms with Gasteiger partial charge in [0.05, 0.1) is 4.90 Å². The van der Waals surface area contributed by atoms with E-state index in [2.05, 4.69) is 5.32 Å². The molecule has 2 aromatic carbocycles. The van der Waals surface area contributed by atoms with Crippen LogP contribution in [0.3, 0.4) is 0 Å². The van der Waals surface area contributed by atoms with Crippen LogP contribution >= 0.6 is 0 Å². The van der Waals surface area contributed by atoms with Crippen molar-refractivity contribution in [2.45, 2.75) is 50.3 Å². The first-order valence-corrected chi connectivity index (χ1v) is 11.5. The molecular weight excluding hydrogens is 388 g/mol. The first-order chi connectivity index (χ1) is 13.9. The largest absolute Gasteiger partial charge is 0.508 e. The Bertz CT molecular complexity index is 965. The fourth-order valence-corrected chi connectivity index (χ4v) is 5.34. The van der Waals surface area contributed by atoms with Gasteiger partial charge >= 0.3 is 0 Å². The highest BCUT2D eigenvalue weighted by molar-refractivity contribution is 7.89. The first-order valence-electron chi connectivity index (χ1n) is 10.1. The Morgan fingerprint density at radius 1 is 1.07 bits per heavy atom. The van der Waals surface area contributed by atoms with Gasteiger partial charge in [-0.25, -0.2) is 8.42 Å². The van der Waals surface area contributed by atoms with E-state index in [1.165, 1.54) is 0 Å². The average molecular weight is 417 g/mol. The van der Waals surface area contributed by atoms with Gasteiger partial charge in [0.15, 0.2) is 0 Å². The molecule has 2 aromatic rings. The fourth-order valence-electron chi connectivity index (χ4n) is 3.57. The Kier molecular flexibility index (Phi) is 6.92. The summed E-state index contributed by atoms with van der Waals surface area (Å²) < 4.78 is 27.8. The molecule has 2 N–H and O–H groups in total. The summed E-state index contributed by atoms with van der Waals surface area (Å²) in [5.74, 6) is -0.0586. The van der Waals surface area contributed by atoms with Crippen molar-refractivity contribution in [2.75, 3.05) is 18.4 Å². The van der Waals surface area contributed by atoms with Gasteiger partial charge in [-0.1, -0.05) is 37.1 Å². The van der Waals surface area contributed by atoms with Gasteiger partial charge in [-0.3, -0.25) is 4.79 Å². The van der Waals surface area contributed by atoms with Crippen LogP contribution in [0.4, 0.5) is 5.69 Å². The zero-order valence-corrected chi connectivity index (χ0v) is 17.5. The van der Waals surface area contributed by atoms with E-state index in [4.69, 9.17) is 0 Å². The number of phenolic OH excluding ortho intramolecular Hbond substituents is 1. The monoisotopic (exact) mass is 416 g/mol. The van der Waals surface area contributed by atoms with E-state index in [0.29, 0.717) is 36.3 Å². The summed E-state index contributed by atoms with van der Waals surface area (Å²) >= 11 is 0. The smallest absolute Gasteiger partial charge is 0.243 e. The molecule has 0 bridgehead atoms. The van der Waals surface area contributed by atoms with Crippen LogP contribution in [0.25, 0.3) is 0 Å². The second-order valence-electron chi connectivity index (χ2n) is 7.48. The van der Waals surface area contributed by atoms with Gasteiger partial charge in [0, 0.05) is 25.2 Å². The number of rotatable bonds is 6. The van der Waals surface area contributed by atoms with E-state index in [9.17, 15) is 18.3 Å². The van der Waals surface area contributed by atoms with Gasteiger partial charge in [-0.05, 0) is 55.5 Å². The van der Waals surface area contributed by atoms with Crippen LogP contribution in [0.2, 0.25) is 0 Å². The lowest BCUT2D eigenvalue weighted by atomic mass is 10.1. The third-order valence-corrected chi connectivity index (χ3v) is 7.31. The maximum atomic E-state index is 13.1. The number of aryl methyl sites for hydroxylation is 2. The molecule has 1 heterocycles. The zero-order valence-electron chi connectivity index (χ0n) is 16.7. The van der Waals surface area contributed by atoms with Crippen LogP contribution < -0.4 is 5.32 Å². The van der Waals surface area contributed by atoms with E-state index in [-0.39, 0.29) is 23.0 Å². The summed E-state index contributed by atoms with van der Waals surface area (Å²) in [5, 5.41) is 12.6. The number of carbonyl (C=O) groups is 1. The molecule has 0 aliphatic carbocycles. The molecule has 0 radical (unpaired) electrons. The number of hydrogen-bond donors (Lipinski definition) is 2. The van der Waals surface area contributed by atoms with Crippen LogP contribution in [-0.2, 0) is 21.2 Å². The van der Waals surface area contributed by atoms with Crippen molar-refractivity contribution < 1.29 is 18.3 Å². The molecule has 1 amide bonds. The highest BCUT2D eigenvalue weighted by Gasteiger charge is 2.27. The van der Waals surface area contributed by atoms with E-state index in [0.717, 1.165) is 25.7 Å². The number of amides is 1. The van der Waals surface area contributed by atoms with Crippen LogP contribution in [-0.4, -0.2) is 36.8 Å². The molecular formula is C22H28N2O4S. The second kappa shape index (κ2) is 9.41. The minimum atomic E-state index is -3.59. The van der Waals surface area contributed by atoms with Crippen LogP contribution in [0, 0.1) is 6.92 Å². The number of benzene rings is 2. The van der Waals surface area contributed by atoms with E-state index in [1.54, 1.807) is 47.6 Å². The molecule has 0 unspecified atom stereocenters. The lowest BCUT2D eigenvalue weighted by molar-refractivity contribution is -0.116. The Morgan fingerprint density at radius 2 is 1.76 bits per heavy atom. The maximum absolute atomic E-state index is 13.1. The molecule has 1 saturated heterocycles. The minimum Gasteiger partial charge on any atom is -0.508 e. The third-order valence-electron chi connectivity index (χ3n) is 5.27. The van der Waals surface area contributed by atoms with Crippen molar-refractivity contribution in [1.29, 1.82) is 0 Å². The van der Waals surface area contributed by atoms with E-state index < -0.39 is 10.0 Å². The molecule has 156 valence electrons. The maximum Gasteiger partial charge on any atom is 0.243 e. The van der Waals surface area contributed by atoms with Crippen molar-refractivity contribution in [3.63, 3.8) is 0 Å². The Balaban J connectivity index is 1.71. The number of sulfonamides is 1. The SMILES string of the molecule is Cc1ccc(NC(=O)CCc2ccccc2O)cc1S(=O)(=O)N1CCCCCC1. The van der Waals surface area contributed by atoms with Gasteiger partial charge in [0.2, 0.25) is 15.9 Å². The summed E-state index contributed by atoms with van der Waals surface area (Å²) in [7, 11) is -3.59. The van der Waals surface area contributed by atoms with Gasteiger partial charge < -0.3 is 10.4 Å². The standard InChI is InChI=1S/C22H28N2O4S/c1-17-10-12-19(23-22(26)13-11-18-8-4-5-9-20(18)25)16-21(17)29(27,28)24-14-6-2-3-7-15-24/h4-5,8-10,12,16,25H,2-3,6-7,11,13-15H2,1H3,(H,23,26). The number of phenols is 1. The normalized spacial score (nSPS) is 15.6. The first kappa shape index (κ1) is 21.3.